The van der Waals surface area contributed by atoms with Crippen molar-refractivity contribution in [1.29, 1.82) is 0 Å². The van der Waals surface area contributed by atoms with Gasteiger partial charge in [0.15, 0.2) is 0 Å². The van der Waals surface area contributed by atoms with E-state index in [1.165, 1.54) is 16.7 Å². The highest BCUT2D eigenvalue weighted by molar-refractivity contribution is 6.14. The number of amides is 1. The molecule has 2 aromatic carbocycles. The fraction of sp³-hybridized carbons (Fsp3) is 0.200. The highest BCUT2D eigenvalue weighted by Gasteiger charge is 2.34. The van der Waals surface area contributed by atoms with Crippen molar-refractivity contribution in [3.63, 3.8) is 0 Å². The standard InChI is InChI=1S/C20H17FN6O2/c21-14-5-3-4-13(10-14)11-23-17(28)12-26-20(29)27-16-7-2-1-6-15(16)18-22-8-9-25(18)19(27)24-26/h1-7,10H,8-9,11-12H2,(H,23,28). The van der Waals surface area contributed by atoms with Gasteiger partial charge in [0.05, 0.1) is 12.2 Å². The third-order valence-electron chi connectivity index (χ3n) is 4.96. The third kappa shape index (κ3) is 2.91. The Balaban J connectivity index is 1.42. The smallest absolute Gasteiger partial charge is 0.350 e. The Labute approximate surface area is 164 Å². The molecule has 2 aliphatic rings. The molecule has 0 aliphatic carbocycles. The predicted molar refractivity (Wildman–Crippen MR) is 105 cm³/mol. The fourth-order valence-electron chi connectivity index (χ4n) is 3.65. The molecular formula is C20H17FN6O2. The number of rotatable bonds is 4. The van der Waals surface area contributed by atoms with E-state index >= 15 is 0 Å². The molecule has 1 aromatic heterocycles. The Morgan fingerprint density at radius 3 is 2.90 bits per heavy atom. The van der Waals surface area contributed by atoms with Crippen molar-refractivity contribution in [3.05, 3.63) is 76.0 Å². The fourth-order valence-corrected chi connectivity index (χ4v) is 3.65. The Morgan fingerprint density at radius 1 is 1.17 bits per heavy atom. The Kier molecular flexibility index (Phi) is 4.01. The van der Waals surface area contributed by atoms with E-state index in [9.17, 15) is 14.0 Å². The van der Waals surface area contributed by atoms with Crippen LogP contribution in [0.3, 0.4) is 0 Å². The summed E-state index contributed by atoms with van der Waals surface area (Å²) in [5, 5.41) is 7.09. The molecule has 0 unspecified atom stereocenters. The summed E-state index contributed by atoms with van der Waals surface area (Å²) in [7, 11) is 0. The Bertz CT molecular complexity index is 1210. The minimum atomic E-state index is -0.390. The van der Waals surface area contributed by atoms with Gasteiger partial charge in [-0.15, -0.1) is 5.10 Å². The number of carbonyl (C=O) groups is 1. The van der Waals surface area contributed by atoms with Crippen molar-refractivity contribution in [3.8, 4) is 5.69 Å². The van der Waals surface area contributed by atoms with E-state index in [-0.39, 0.29) is 30.5 Å². The van der Waals surface area contributed by atoms with Gasteiger partial charge in [-0.2, -0.15) is 0 Å². The zero-order chi connectivity index (χ0) is 20.0. The lowest BCUT2D eigenvalue weighted by Gasteiger charge is -2.26. The van der Waals surface area contributed by atoms with Gasteiger partial charge in [0.25, 0.3) is 0 Å². The number of fused-ring (bicyclic) bond motifs is 6. The second kappa shape index (κ2) is 6.69. The molecule has 0 radical (unpaired) electrons. The van der Waals surface area contributed by atoms with Crippen LogP contribution in [0.4, 0.5) is 10.3 Å². The van der Waals surface area contributed by atoms with Crippen LogP contribution in [0.2, 0.25) is 0 Å². The number of anilines is 1. The monoisotopic (exact) mass is 392 g/mol. The number of aromatic nitrogens is 3. The number of nitrogens with one attached hydrogen (secondary N) is 1. The van der Waals surface area contributed by atoms with Crippen LogP contribution in [0.25, 0.3) is 5.69 Å². The second-order valence-corrected chi connectivity index (χ2v) is 6.86. The summed E-state index contributed by atoms with van der Waals surface area (Å²) in [6.07, 6.45) is 0. The summed E-state index contributed by atoms with van der Waals surface area (Å²) in [6, 6.07) is 13.5. The van der Waals surface area contributed by atoms with Crippen LogP contribution in [0, 0.1) is 5.82 Å². The second-order valence-electron chi connectivity index (χ2n) is 6.86. The molecule has 29 heavy (non-hydrogen) atoms. The van der Waals surface area contributed by atoms with Crippen LogP contribution in [-0.2, 0) is 17.9 Å². The zero-order valence-electron chi connectivity index (χ0n) is 15.4. The van der Waals surface area contributed by atoms with Crippen molar-refractivity contribution in [2.45, 2.75) is 13.1 Å². The lowest BCUT2D eigenvalue weighted by Crippen LogP contribution is -2.37. The van der Waals surface area contributed by atoms with Crippen molar-refractivity contribution >= 4 is 17.7 Å². The topological polar surface area (TPSA) is 84.5 Å². The van der Waals surface area contributed by atoms with Gasteiger partial charge in [-0.25, -0.2) is 18.4 Å². The number of carbonyl (C=O) groups excluding carboxylic acids is 1. The molecular weight excluding hydrogens is 375 g/mol. The Morgan fingerprint density at radius 2 is 2.03 bits per heavy atom. The summed E-state index contributed by atoms with van der Waals surface area (Å²) >= 11 is 0. The minimum absolute atomic E-state index is 0.171. The molecule has 1 amide bonds. The Hall–Kier alpha value is -3.75. The first-order chi connectivity index (χ1) is 14.1. The van der Waals surface area contributed by atoms with Gasteiger partial charge < -0.3 is 5.32 Å². The van der Waals surface area contributed by atoms with Crippen LogP contribution in [0.15, 0.2) is 58.3 Å². The van der Waals surface area contributed by atoms with Crippen LogP contribution >= 0.6 is 0 Å². The molecule has 9 heteroatoms. The van der Waals surface area contributed by atoms with Gasteiger partial charge in [0.2, 0.25) is 11.9 Å². The van der Waals surface area contributed by atoms with Crippen molar-refractivity contribution in [2.24, 2.45) is 4.99 Å². The van der Waals surface area contributed by atoms with Crippen LogP contribution in [0.5, 0.6) is 0 Å². The molecule has 0 saturated carbocycles. The van der Waals surface area contributed by atoms with Crippen LogP contribution in [0.1, 0.15) is 11.1 Å². The van der Waals surface area contributed by atoms with Gasteiger partial charge in [-0.3, -0.25) is 14.7 Å². The molecule has 0 atom stereocenters. The maximum atomic E-state index is 13.3. The number of hydrogen-bond acceptors (Lipinski definition) is 5. The molecule has 0 spiro atoms. The molecule has 0 bridgehead atoms. The predicted octanol–water partition coefficient (Wildman–Crippen LogP) is 1.07. The summed E-state index contributed by atoms with van der Waals surface area (Å²) < 4.78 is 15.9. The molecule has 3 heterocycles. The largest absolute Gasteiger partial charge is 0.352 e. The van der Waals surface area contributed by atoms with Gasteiger partial charge in [-0.05, 0) is 29.8 Å². The number of halogens is 1. The minimum Gasteiger partial charge on any atom is -0.350 e. The number of hydrogen-bond donors (Lipinski definition) is 1. The molecule has 0 fully saturated rings. The number of amidine groups is 1. The lowest BCUT2D eigenvalue weighted by atomic mass is 10.1. The van der Waals surface area contributed by atoms with Crippen LogP contribution in [-0.4, -0.2) is 39.2 Å². The summed E-state index contributed by atoms with van der Waals surface area (Å²) in [5.41, 5.74) is 1.83. The molecule has 2 aliphatic heterocycles. The zero-order valence-corrected chi connectivity index (χ0v) is 15.4. The van der Waals surface area contributed by atoms with E-state index in [0.29, 0.717) is 30.3 Å². The number of nitrogens with zero attached hydrogens (tertiary/aromatic N) is 5. The van der Waals surface area contributed by atoms with Crippen LogP contribution < -0.4 is 15.9 Å². The van der Waals surface area contributed by atoms with Gasteiger partial charge in [-0.1, -0.05) is 24.3 Å². The van der Waals surface area contributed by atoms with E-state index in [4.69, 9.17) is 0 Å². The molecule has 146 valence electrons. The number of benzene rings is 2. The maximum absolute atomic E-state index is 13.3. The first-order valence-electron chi connectivity index (χ1n) is 9.24. The molecule has 0 saturated heterocycles. The summed E-state index contributed by atoms with van der Waals surface area (Å²) in [6.45, 7) is 1.20. The van der Waals surface area contributed by atoms with Crippen molar-refractivity contribution in [2.75, 3.05) is 18.0 Å². The number of para-hydroxylation sites is 1. The summed E-state index contributed by atoms with van der Waals surface area (Å²) in [4.78, 5) is 31.8. The average Bonchev–Trinajstić information content (AvgIpc) is 3.32. The first kappa shape index (κ1) is 17.4. The highest BCUT2D eigenvalue weighted by Crippen LogP contribution is 2.29. The van der Waals surface area contributed by atoms with Crippen molar-refractivity contribution < 1.29 is 9.18 Å². The average molecular weight is 392 g/mol. The summed E-state index contributed by atoms with van der Waals surface area (Å²) in [5.74, 6) is 0.510. The van der Waals surface area contributed by atoms with E-state index in [1.54, 1.807) is 12.1 Å². The lowest BCUT2D eigenvalue weighted by molar-refractivity contribution is -0.122. The molecule has 5 rings (SSSR count). The molecule has 3 aromatic rings. The number of aliphatic imine (C=N–C) groups is 1. The first-order valence-corrected chi connectivity index (χ1v) is 9.24. The van der Waals surface area contributed by atoms with E-state index in [2.05, 4.69) is 15.4 Å². The highest BCUT2D eigenvalue weighted by atomic mass is 19.1. The van der Waals surface area contributed by atoms with Crippen molar-refractivity contribution in [1.82, 2.24) is 19.7 Å². The van der Waals surface area contributed by atoms with Gasteiger partial charge in [0.1, 0.15) is 18.2 Å². The van der Waals surface area contributed by atoms with Gasteiger partial charge >= 0.3 is 5.69 Å². The van der Waals surface area contributed by atoms with E-state index in [0.717, 1.165) is 16.1 Å². The quantitative estimate of drug-likeness (QED) is 0.720. The maximum Gasteiger partial charge on any atom is 0.352 e. The van der Waals surface area contributed by atoms with E-state index in [1.807, 2.05) is 29.2 Å². The van der Waals surface area contributed by atoms with E-state index < -0.39 is 0 Å². The van der Waals surface area contributed by atoms with Gasteiger partial charge in [0, 0.05) is 18.7 Å². The molecule has 8 nitrogen and oxygen atoms in total. The molecule has 1 N–H and O–H groups in total. The SMILES string of the molecule is O=C(Cn1nc2n(c1=O)-c1ccccc1C1=NCCN12)NCc1cccc(F)c1. The normalized spacial score (nSPS) is 14.1. The third-order valence-corrected chi connectivity index (χ3v) is 4.96.